The molecule has 17 heavy (non-hydrogen) atoms. The van der Waals surface area contributed by atoms with Crippen LogP contribution in [-0.2, 0) is 9.47 Å². The van der Waals surface area contributed by atoms with Crippen LogP contribution in [-0.4, -0.2) is 23.6 Å². The van der Waals surface area contributed by atoms with Gasteiger partial charge in [-0.15, -0.1) is 0 Å². The number of hydrogen-bond acceptors (Lipinski definition) is 3. The molecule has 0 aromatic heterocycles. The van der Waals surface area contributed by atoms with Crippen LogP contribution in [0.4, 0.5) is 0 Å². The lowest BCUT2D eigenvalue weighted by Gasteiger charge is -2.27. The Morgan fingerprint density at radius 3 is 1.76 bits per heavy atom. The van der Waals surface area contributed by atoms with Crippen LogP contribution in [0, 0.1) is 0 Å². The summed E-state index contributed by atoms with van der Waals surface area (Å²) in [5.74, 6) is 0. The second-order valence-electron chi connectivity index (χ2n) is 4.59. The number of hydrogen-bond donors (Lipinski definition) is 1. The Morgan fingerprint density at radius 2 is 1.35 bits per heavy atom. The Bertz CT molecular complexity index is 299. The minimum Gasteiger partial charge on any atom is -0.383 e. The molecule has 1 aromatic rings. The fourth-order valence-electron chi connectivity index (χ4n) is 1.52. The fraction of sp³-hybridized carbons (Fsp3) is 0.571. The second-order valence-corrected chi connectivity index (χ2v) is 4.59. The van der Waals surface area contributed by atoms with Crippen molar-refractivity contribution < 1.29 is 14.6 Å². The minimum atomic E-state index is -0.763. The summed E-state index contributed by atoms with van der Waals surface area (Å²) in [7, 11) is 0. The van der Waals surface area contributed by atoms with E-state index in [0.717, 1.165) is 5.56 Å². The van der Waals surface area contributed by atoms with Gasteiger partial charge in [0.2, 0.25) is 0 Å². The molecular formula is C14H22O3. The van der Waals surface area contributed by atoms with E-state index < -0.39 is 12.4 Å². The van der Waals surface area contributed by atoms with Crippen LogP contribution < -0.4 is 0 Å². The third kappa shape index (κ3) is 4.86. The third-order valence-electron chi connectivity index (χ3n) is 2.21. The zero-order valence-electron chi connectivity index (χ0n) is 11.0. The van der Waals surface area contributed by atoms with Crippen molar-refractivity contribution in [3.8, 4) is 0 Å². The Labute approximate surface area is 103 Å². The number of aliphatic hydroxyl groups excluding tert-OH is 1. The third-order valence-corrected chi connectivity index (χ3v) is 2.21. The predicted molar refractivity (Wildman–Crippen MR) is 67.6 cm³/mol. The Morgan fingerprint density at radius 1 is 0.882 bits per heavy atom. The monoisotopic (exact) mass is 238 g/mol. The zero-order chi connectivity index (χ0) is 12.8. The van der Waals surface area contributed by atoms with Crippen LogP contribution >= 0.6 is 0 Å². The number of rotatable bonds is 6. The van der Waals surface area contributed by atoms with Gasteiger partial charge in [0.05, 0.1) is 12.2 Å². The van der Waals surface area contributed by atoms with Gasteiger partial charge in [-0.3, -0.25) is 0 Å². The molecule has 3 heteroatoms. The largest absolute Gasteiger partial charge is 0.383 e. The molecule has 1 aromatic carbocycles. The first-order chi connectivity index (χ1) is 8.00. The summed E-state index contributed by atoms with van der Waals surface area (Å²) in [6, 6.07) is 9.43. The lowest BCUT2D eigenvalue weighted by atomic mass is 10.1. The highest BCUT2D eigenvalue weighted by atomic mass is 16.7. The minimum absolute atomic E-state index is 0.0112. The number of aliphatic hydroxyl groups is 1. The van der Waals surface area contributed by atoms with E-state index in [4.69, 9.17) is 9.47 Å². The molecule has 0 spiro atoms. The van der Waals surface area contributed by atoms with E-state index in [1.807, 2.05) is 58.0 Å². The van der Waals surface area contributed by atoms with Gasteiger partial charge in [0.15, 0.2) is 6.29 Å². The molecule has 0 saturated heterocycles. The van der Waals surface area contributed by atoms with E-state index in [1.54, 1.807) is 0 Å². The molecule has 0 amide bonds. The van der Waals surface area contributed by atoms with Crippen molar-refractivity contribution in [1.29, 1.82) is 0 Å². The molecule has 0 unspecified atom stereocenters. The van der Waals surface area contributed by atoms with Crippen LogP contribution in [0.15, 0.2) is 30.3 Å². The molecular weight excluding hydrogens is 216 g/mol. The van der Waals surface area contributed by atoms with Crippen molar-refractivity contribution in [2.75, 3.05) is 0 Å². The Balaban J connectivity index is 2.75. The van der Waals surface area contributed by atoms with E-state index in [1.165, 1.54) is 0 Å². The molecule has 0 aliphatic carbocycles. The molecule has 0 radical (unpaired) electrons. The standard InChI is InChI=1S/C14H22O3/c1-10(2)16-14(17-11(3)4)13(15)12-8-6-5-7-9-12/h5-11,13-15H,1-4H3/t13-/m0/s1. The lowest BCUT2D eigenvalue weighted by Crippen LogP contribution is -2.30. The fourth-order valence-corrected chi connectivity index (χ4v) is 1.52. The first-order valence-corrected chi connectivity index (χ1v) is 6.04. The highest BCUT2D eigenvalue weighted by molar-refractivity contribution is 5.17. The predicted octanol–water partition coefficient (Wildman–Crippen LogP) is 2.90. The van der Waals surface area contributed by atoms with Gasteiger partial charge in [-0.25, -0.2) is 0 Å². The topological polar surface area (TPSA) is 38.7 Å². The average molecular weight is 238 g/mol. The highest BCUT2D eigenvalue weighted by Crippen LogP contribution is 2.22. The molecule has 0 aliphatic rings. The van der Waals surface area contributed by atoms with Gasteiger partial charge in [0.1, 0.15) is 6.10 Å². The van der Waals surface area contributed by atoms with Crippen LogP contribution in [0.5, 0.6) is 0 Å². The molecule has 96 valence electrons. The molecule has 0 saturated carbocycles. The summed E-state index contributed by atoms with van der Waals surface area (Å²) in [4.78, 5) is 0. The van der Waals surface area contributed by atoms with Gasteiger partial charge in [-0.1, -0.05) is 30.3 Å². The van der Waals surface area contributed by atoms with Crippen molar-refractivity contribution in [1.82, 2.24) is 0 Å². The summed E-state index contributed by atoms with van der Waals surface area (Å²) < 4.78 is 11.2. The van der Waals surface area contributed by atoms with E-state index in [-0.39, 0.29) is 12.2 Å². The summed E-state index contributed by atoms with van der Waals surface area (Å²) in [5.41, 5.74) is 0.804. The maximum Gasteiger partial charge on any atom is 0.188 e. The van der Waals surface area contributed by atoms with Crippen molar-refractivity contribution in [2.45, 2.75) is 52.3 Å². The summed E-state index contributed by atoms with van der Waals surface area (Å²) in [6.07, 6.45) is -1.37. The highest BCUT2D eigenvalue weighted by Gasteiger charge is 2.24. The SMILES string of the molecule is CC(C)OC(OC(C)C)[C@@H](O)c1ccccc1. The van der Waals surface area contributed by atoms with Crippen molar-refractivity contribution in [3.63, 3.8) is 0 Å². The van der Waals surface area contributed by atoms with Crippen LogP contribution in [0.25, 0.3) is 0 Å². The molecule has 1 rings (SSSR count). The van der Waals surface area contributed by atoms with Gasteiger partial charge in [-0.05, 0) is 33.3 Å². The average Bonchev–Trinajstić information content (AvgIpc) is 2.27. The summed E-state index contributed by atoms with van der Waals surface area (Å²) >= 11 is 0. The molecule has 0 heterocycles. The van der Waals surface area contributed by atoms with E-state index in [2.05, 4.69) is 0 Å². The van der Waals surface area contributed by atoms with Crippen molar-refractivity contribution >= 4 is 0 Å². The van der Waals surface area contributed by atoms with Crippen LogP contribution in [0.3, 0.4) is 0 Å². The molecule has 0 fully saturated rings. The quantitative estimate of drug-likeness (QED) is 0.774. The maximum absolute atomic E-state index is 10.2. The first kappa shape index (κ1) is 14.2. The van der Waals surface area contributed by atoms with E-state index in [9.17, 15) is 5.11 Å². The normalized spacial score (nSPS) is 13.6. The summed E-state index contributed by atoms with van der Waals surface area (Å²) in [5, 5.41) is 10.2. The smallest absolute Gasteiger partial charge is 0.188 e. The molecule has 0 bridgehead atoms. The second kappa shape index (κ2) is 6.74. The Hall–Kier alpha value is -0.900. The zero-order valence-corrected chi connectivity index (χ0v) is 11.0. The Kier molecular flexibility index (Phi) is 5.62. The molecule has 1 N–H and O–H groups in total. The van der Waals surface area contributed by atoms with Gasteiger partial charge in [0, 0.05) is 0 Å². The van der Waals surface area contributed by atoms with Gasteiger partial charge >= 0.3 is 0 Å². The van der Waals surface area contributed by atoms with Gasteiger partial charge < -0.3 is 14.6 Å². The maximum atomic E-state index is 10.2. The van der Waals surface area contributed by atoms with Gasteiger partial charge in [0.25, 0.3) is 0 Å². The van der Waals surface area contributed by atoms with E-state index in [0.29, 0.717) is 0 Å². The first-order valence-electron chi connectivity index (χ1n) is 6.04. The number of benzene rings is 1. The van der Waals surface area contributed by atoms with Crippen molar-refractivity contribution in [3.05, 3.63) is 35.9 Å². The number of ether oxygens (including phenoxy) is 2. The summed E-state index contributed by atoms with van der Waals surface area (Å²) in [6.45, 7) is 7.70. The molecule has 0 aliphatic heterocycles. The van der Waals surface area contributed by atoms with Crippen molar-refractivity contribution in [2.24, 2.45) is 0 Å². The van der Waals surface area contributed by atoms with Gasteiger partial charge in [-0.2, -0.15) is 0 Å². The molecule has 3 nitrogen and oxygen atoms in total. The lowest BCUT2D eigenvalue weighted by molar-refractivity contribution is -0.226. The van der Waals surface area contributed by atoms with Crippen LogP contribution in [0.1, 0.15) is 39.4 Å². The molecule has 1 atom stereocenters. The van der Waals surface area contributed by atoms with E-state index >= 15 is 0 Å². The van der Waals surface area contributed by atoms with Crippen LogP contribution in [0.2, 0.25) is 0 Å².